The molecule has 0 aliphatic carbocycles. The quantitative estimate of drug-likeness (QED) is 0.716. The monoisotopic (exact) mass is 322 g/mol. The zero-order valence-electron chi connectivity index (χ0n) is 12.9. The highest BCUT2D eigenvalue weighted by Gasteiger charge is 2.14. The van der Waals surface area contributed by atoms with E-state index in [-0.39, 0.29) is 0 Å². The molecule has 1 N–H and O–H groups in total. The van der Waals surface area contributed by atoms with Crippen LogP contribution in [0.1, 0.15) is 24.3 Å². The molecule has 3 heteroatoms. The molecule has 1 saturated heterocycles. The Labute approximate surface area is 141 Å². The third-order valence-electron chi connectivity index (χ3n) is 4.74. The molecule has 0 saturated carbocycles. The van der Waals surface area contributed by atoms with Crippen molar-refractivity contribution >= 4 is 22.5 Å². The highest BCUT2D eigenvalue weighted by atomic mass is 35.5. The van der Waals surface area contributed by atoms with E-state index >= 15 is 0 Å². The Kier molecular flexibility index (Phi) is 4.02. The number of benzene rings is 2. The topological polar surface area (TPSA) is 24.9 Å². The second-order valence-corrected chi connectivity index (χ2v) is 6.58. The van der Waals surface area contributed by atoms with Crippen molar-refractivity contribution in [2.24, 2.45) is 0 Å². The molecule has 0 spiro atoms. The van der Waals surface area contributed by atoms with Crippen LogP contribution in [0.3, 0.4) is 0 Å². The van der Waals surface area contributed by atoms with E-state index < -0.39 is 0 Å². The Bertz CT molecular complexity index is 821. The van der Waals surface area contributed by atoms with Gasteiger partial charge in [-0.1, -0.05) is 48.0 Å². The van der Waals surface area contributed by atoms with E-state index in [1.807, 2.05) is 6.07 Å². The molecule has 116 valence electrons. The lowest BCUT2D eigenvalue weighted by molar-refractivity contribution is 0.460. The Morgan fingerprint density at radius 3 is 2.43 bits per heavy atom. The van der Waals surface area contributed by atoms with Gasteiger partial charge in [-0.05, 0) is 60.7 Å². The maximum Gasteiger partial charge on any atom is 0.0723 e. The average molecular weight is 323 g/mol. The molecule has 0 bridgehead atoms. The Hall–Kier alpha value is -1.90. The first-order valence-corrected chi connectivity index (χ1v) is 8.54. The number of nitrogens with zero attached hydrogens (tertiary/aromatic N) is 1. The Morgan fingerprint density at radius 2 is 1.65 bits per heavy atom. The van der Waals surface area contributed by atoms with Crippen LogP contribution in [0.25, 0.3) is 22.0 Å². The summed E-state index contributed by atoms with van der Waals surface area (Å²) >= 11 is 6.22. The first-order chi connectivity index (χ1) is 11.3. The van der Waals surface area contributed by atoms with Crippen LogP contribution in [0.5, 0.6) is 0 Å². The summed E-state index contributed by atoms with van der Waals surface area (Å²) in [4.78, 5) is 4.43. The Balaban J connectivity index is 1.65. The molecule has 1 aliphatic rings. The summed E-state index contributed by atoms with van der Waals surface area (Å²) in [6, 6.07) is 17.1. The molecular weight excluding hydrogens is 304 g/mol. The second kappa shape index (κ2) is 6.31. The number of fused-ring (bicyclic) bond motifs is 1. The fraction of sp³-hybridized carbons (Fsp3) is 0.250. The van der Waals surface area contributed by atoms with E-state index in [4.69, 9.17) is 11.6 Å². The molecule has 4 rings (SSSR count). The standard InChI is InChI=1S/C20H19ClN2/c21-19-9-12-23-20-13-17(5-6-18(19)20)15-3-1-14(2-4-15)16-7-10-22-11-8-16/h1-6,9,12-13,16,22H,7-8,10-11H2. The molecule has 1 aromatic heterocycles. The molecule has 0 atom stereocenters. The van der Waals surface area contributed by atoms with Gasteiger partial charge in [0.05, 0.1) is 10.5 Å². The SMILES string of the molecule is Clc1ccnc2cc(-c3ccc(C4CCNCC4)cc3)ccc12. The number of halogens is 1. The normalized spacial score (nSPS) is 15.9. The molecule has 2 aromatic carbocycles. The van der Waals surface area contributed by atoms with Gasteiger partial charge in [0.15, 0.2) is 0 Å². The predicted octanol–water partition coefficient (Wildman–Crippen LogP) is 5.02. The summed E-state index contributed by atoms with van der Waals surface area (Å²) in [6.07, 6.45) is 4.23. The highest BCUT2D eigenvalue weighted by molar-refractivity contribution is 6.35. The van der Waals surface area contributed by atoms with Crippen molar-refractivity contribution in [2.75, 3.05) is 13.1 Å². The summed E-state index contributed by atoms with van der Waals surface area (Å²) in [5.74, 6) is 0.697. The van der Waals surface area contributed by atoms with Crippen LogP contribution in [0.4, 0.5) is 0 Å². The van der Waals surface area contributed by atoms with Crippen LogP contribution in [0, 0.1) is 0 Å². The van der Waals surface area contributed by atoms with E-state index in [2.05, 4.69) is 52.8 Å². The minimum atomic E-state index is 0.697. The van der Waals surface area contributed by atoms with Gasteiger partial charge in [0.1, 0.15) is 0 Å². The maximum absolute atomic E-state index is 6.22. The summed E-state index contributed by atoms with van der Waals surface area (Å²) in [6.45, 7) is 2.26. The molecule has 2 nitrogen and oxygen atoms in total. The van der Waals surface area contributed by atoms with E-state index in [1.54, 1.807) is 6.20 Å². The number of pyridine rings is 1. The van der Waals surface area contributed by atoms with E-state index in [0.717, 1.165) is 29.0 Å². The summed E-state index contributed by atoms with van der Waals surface area (Å²) in [7, 11) is 0. The van der Waals surface area contributed by atoms with Gasteiger partial charge in [0, 0.05) is 11.6 Å². The zero-order valence-corrected chi connectivity index (χ0v) is 13.7. The van der Waals surface area contributed by atoms with Gasteiger partial charge in [0.2, 0.25) is 0 Å². The predicted molar refractivity (Wildman–Crippen MR) is 97.0 cm³/mol. The van der Waals surface area contributed by atoms with Crippen molar-refractivity contribution in [3.05, 3.63) is 65.3 Å². The molecule has 2 heterocycles. The molecule has 0 unspecified atom stereocenters. The minimum Gasteiger partial charge on any atom is -0.317 e. The van der Waals surface area contributed by atoms with Crippen molar-refractivity contribution in [3.8, 4) is 11.1 Å². The number of rotatable bonds is 2. The van der Waals surface area contributed by atoms with Crippen molar-refractivity contribution in [2.45, 2.75) is 18.8 Å². The third kappa shape index (κ3) is 2.97. The zero-order chi connectivity index (χ0) is 15.6. The van der Waals surface area contributed by atoms with Gasteiger partial charge >= 0.3 is 0 Å². The number of piperidine rings is 1. The molecule has 0 radical (unpaired) electrons. The van der Waals surface area contributed by atoms with E-state index in [1.165, 1.54) is 29.5 Å². The molecule has 3 aromatic rings. The summed E-state index contributed by atoms with van der Waals surface area (Å²) in [5.41, 5.74) is 4.81. The van der Waals surface area contributed by atoms with E-state index in [9.17, 15) is 0 Å². The van der Waals surface area contributed by atoms with Crippen LogP contribution >= 0.6 is 11.6 Å². The lowest BCUT2D eigenvalue weighted by Gasteiger charge is -2.23. The van der Waals surface area contributed by atoms with Crippen LogP contribution in [0.15, 0.2) is 54.7 Å². The van der Waals surface area contributed by atoms with Gasteiger partial charge in [-0.3, -0.25) is 4.98 Å². The van der Waals surface area contributed by atoms with Gasteiger partial charge < -0.3 is 5.32 Å². The summed E-state index contributed by atoms with van der Waals surface area (Å²) < 4.78 is 0. The first-order valence-electron chi connectivity index (χ1n) is 8.16. The smallest absolute Gasteiger partial charge is 0.0723 e. The van der Waals surface area contributed by atoms with Crippen molar-refractivity contribution < 1.29 is 0 Å². The summed E-state index contributed by atoms with van der Waals surface area (Å²) in [5, 5.41) is 5.18. The number of aromatic nitrogens is 1. The first kappa shape index (κ1) is 14.7. The van der Waals surface area contributed by atoms with Gasteiger partial charge in [-0.25, -0.2) is 0 Å². The molecular formula is C20H19ClN2. The molecule has 1 fully saturated rings. The fourth-order valence-electron chi connectivity index (χ4n) is 3.40. The maximum atomic E-state index is 6.22. The second-order valence-electron chi connectivity index (χ2n) is 6.17. The van der Waals surface area contributed by atoms with E-state index in [0.29, 0.717) is 5.92 Å². The van der Waals surface area contributed by atoms with Crippen LogP contribution < -0.4 is 5.32 Å². The number of hydrogen-bond donors (Lipinski definition) is 1. The average Bonchev–Trinajstić information content (AvgIpc) is 2.63. The number of hydrogen-bond acceptors (Lipinski definition) is 2. The van der Waals surface area contributed by atoms with Gasteiger partial charge in [-0.2, -0.15) is 0 Å². The molecule has 1 aliphatic heterocycles. The highest BCUT2D eigenvalue weighted by Crippen LogP contribution is 2.30. The van der Waals surface area contributed by atoms with Crippen molar-refractivity contribution in [3.63, 3.8) is 0 Å². The fourth-order valence-corrected chi connectivity index (χ4v) is 3.61. The van der Waals surface area contributed by atoms with Crippen LogP contribution in [0.2, 0.25) is 5.02 Å². The van der Waals surface area contributed by atoms with Crippen molar-refractivity contribution in [1.29, 1.82) is 0 Å². The molecule has 23 heavy (non-hydrogen) atoms. The molecule has 0 amide bonds. The third-order valence-corrected chi connectivity index (χ3v) is 5.07. The lowest BCUT2D eigenvalue weighted by atomic mass is 9.89. The largest absolute Gasteiger partial charge is 0.317 e. The van der Waals surface area contributed by atoms with Crippen LogP contribution in [-0.4, -0.2) is 18.1 Å². The minimum absolute atomic E-state index is 0.697. The van der Waals surface area contributed by atoms with Gasteiger partial charge in [0.25, 0.3) is 0 Å². The lowest BCUT2D eigenvalue weighted by Crippen LogP contribution is -2.26. The van der Waals surface area contributed by atoms with Crippen molar-refractivity contribution in [1.82, 2.24) is 10.3 Å². The Morgan fingerprint density at radius 1 is 0.913 bits per heavy atom. The van der Waals surface area contributed by atoms with Gasteiger partial charge in [-0.15, -0.1) is 0 Å². The number of nitrogens with one attached hydrogen (secondary N) is 1. The van der Waals surface area contributed by atoms with Crippen LogP contribution in [-0.2, 0) is 0 Å².